The highest BCUT2D eigenvalue weighted by Crippen LogP contribution is 2.22. The predicted molar refractivity (Wildman–Crippen MR) is 90.7 cm³/mol. The minimum Gasteiger partial charge on any atom is -0.272 e. The Balaban J connectivity index is 2.22. The van der Waals surface area contributed by atoms with Gasteiger partial charge in [0.1, 0.15) is 0 Å². The average molecular weight is 347 g/mol. The standard InChI is InChI=1S/C14H19ClN2O2S2/c1-14(2,3)21-9-13(19)17-16-12(18)8-20-11-6-4-10(15)5-7-11/h4-7H,8-9H2,1-3H3,(H,16,18)(H,17,19). The lowest BCUT2D eigenvalue weighted by Gasteiger charge is -2.17. The van der Waals surface area contributed by atoms with Gasteiger partial charge in [0.25, 0.3) is 0 Å². The second kappa shape index (κ2) is 8.56. The Morgan fingerprint density at radius 2 is 1.57 bits per heavy atom. The number of halogens is 1. The number of benzene rings is 1. The second-order valence-corrected chi connectivity index (χ2v) is 8.53. The molecular formula is C14H19ClN2O2S2. The van der Waals surface area contributed by atoms with Crippen LogP contribution in [0.3, 0.4) is 0 Å². The molecule has 0 aromatic heterocycles. The maximum Gasteiger partial charge on any atom is 0.248 e. The molecule has 1 aromatic carbocycles. The van der Waals surface area contributed by atoms with Gasteiger partial charge in [0.2, 0.25) is 11.8 Å². The molecule has 1 aromatic rings. The van der Waals surface area contributed by atoms with Crippen LogP contribution >= 0.6 is 35.1 Å². The molecule has 4 nitrogen and oxygen atoms in total. The lowest BCUT2D eigenvalue weighted by molar-refractivity contribution is -0.126. The quantitative estimate of drug-likeness (QED) is 0.635. The summed E-state index contributed by atoms with van der Waals surface area (Å²) in [5.74, 6) is 0.0893. The molecule has 0 unspecified atom stereocenters. The summed E-state index contributed by atoms with van der Waals surface area (Å²) >= 11 is 8.69. The largest absolute Gasteiger partial charge is 0.272 e. The fourth-order valence-corrected chi connectivity index (χ4v) is 2.63. The van der Waals surface area contributed by atoms with Gasteiger partial charge in [0, 0.05) is 14.7 Å². The van der Waals surface area contributed by atoms with Crippen molar-refractivity contribution in [1.82, 2.24) is 10.9 Å². The van der Waals surface area contributed by atoms with E-state index < -0.39 is 0 Å². The summed E-state index contributed by atoms with van der Waals surface area (Å²) in [5, 5.41) is 0.660. The van der Waals surface area contributed by atoms with Crippen molar-refractivity contribution in [3.8, 4) is 0 Å². The molecule has 0 fully saturated rings. The van der Waals surface area contributed by atoms with Crippen LogP contribution in [-0.2, 0) is 9.59 Å². The van der Waals surface area contributed by atoms with Crippen LogP contribution in [0, 0.1) is 0 Å². The fraction of sp³-hybridized carbons (Fsp3) is 0.429. The minimum atomic E-state index is -0.246. The van der Waals surface area contributed by atoms with Gasteiger partial charge in [0.05, 0.1) is 11.5 Å². The third kappa shape index (κ3) is 8.90. The van der Waals surface area contributed by atoms with Gasteiger partial charge in [-0.05, 0) is 24.3 Å². The molecule has 2 N–H and O–H groups in total. The van der Waals surface area contributed by atoms with Crippen molar-refractivity contribution in [3.63, 3.8) is 0 Å². The van der Waals surface area contributed by atoms with E-state index in [1.165, 1.54) is 23.5 Å². The Labute approximate surface area is 138 Å². The molecule has 116 valence electrons. The number of hydrogen-bond donors (Lipinski definition) is 2. The summed E-state index contributed by atoms with van der Waals surface area (Å²) in [4.78, 5) is 24.1. The van der Waals surface area contributed by atoms with Gasteiger partial charge >= 0.3 is 0 Å². The fourth-order valence-electron chi connectivity index (χ4n) is 1.17. The van der Waals surface area contributed by atoms with Crippen molar-refractivity contribution < 1.29 is 9.59 Å². The third-order valence-electron chi connectivity index (χ3n) is 2.16. The molecular weight excluding hydrogens is 328 g/mol. The van der Waals surface area contributed by atoms with Crippen molar-refractivity contribution in [2.45, 2.75) is 30.4 Å². The monoisotopic (exact) mass is 346 g/mol. The number of hydrazine groups is 1. The Kier molecular flexibility index (Phi) is 7.42. The maximum absolute atomic E-state index is 11.6. The van der Waals surface area contributed by atoms with Crippen LogP contribution in [0.15, 0.2) is 29.2 Å². The maximum atomic E-state index is 11.6. The van der Waals surface area contributed by atoms with E-state index in [1.54, 1.807) is 12.1 Å². The Morgan fingerprint density at radius 1 is 1.05 bits per heavy atom. The molecule has 1 rings (SSSR count). The zero-order valence-corrected chi connectivity index (χ0v) is 14.6. The van der Waals surface area contributed by atoms with Crippen molar-refractivity contribution in [2.24, 2.45) is 0 Å². The number of carbonyl (C=O) groups excluding carboxylic acids is 2. The van der Waals surface area contributed by atoms with Crippen molar-refractivity contribution in [3.05, 3.63) is 29.3 Å². The Hall–Kier alpha value is -0.850. The van der Waals surface area contributed by atoms with Crippen LogP contribution < -0.4 is 10.9 Å². The first-order valence-corrected chi connectivity index (χ1v) is 8.71. The number of carbonyl (C=O) groups is 2. The minimum absolute atomic E-state index is 0.0196. The summed E-state index contributed by atoms with van der Waals surface area (Å²) in [6, 6.07) is 7.23. The van der Waals surface area contributed by atoms with E-state index in [4.69, 9.17) is 11.6 Å². The average Bonchev–Trinajstić information content (AvgIpc) is 2.41. The van der Waals surface area contributed by atoms with Crippen LogP contribution in [-0.4, -0.2) is 28.1 Å². The molecule has 0 aliphatic carbocycles. The highest BCUT2D eigenvalue weighted by atomic mass is 35.5. The van der Waals surface area contributed by atoms with E-state index in [1.807, 2.05) is 32.9 Å². The molecule has 21 heavy (non-hydrogen) atoms. The van der Waals surface area contributed by atoms with E-state index in [9.17, 15) is 9.59 Å². The van der Waals surface area contributed by atoms with Gasteiger partial charge in [0.15, 0.2) is 0 Å². The molecule has 0 spiro atoms. The molecule has 2 amide bonds. The molecule has 0 saturated heterocycles. The highest BCUT2D eigenvalue weighted by Gasteiger charge is 2.13. The zero-order chi connectivity index (χ0) is 15.9. The summed E-state index contributed by atoms with van der Waals surface area (Å²) in [7, 11) is 0. The molecule has 0 aliphatic rings. The third-order valence-corrected chi connectivity index (χ3v) is 4.70. The second-order valence-electron chi connectivity index (χ2n) is 5.24. The smallest absolute Gasteiger partial charge is 0.248 e. The lowest BCUT2D eigenvalue weighted by atomic mass is 10.3. The Bertz CT molecular complexity index is 487. The lowest BCUT2D eigenvalue weighted by Crippen LogP contribution is -2.43. The molecule has 0 aliphatic heterocycles. The van der Waals surface area contributed by atoms with Gasteiger partial charge < -0.3 is 0 Å². The van der Waals surface area contributed by atoms with E-state index in [-0.39, 0.29) is 22.3 Å². The molecule has 0 bridgehead atoms. The molecule has 0 radical (unpaired) electrons. The van der Waals surface area contributed by atoms with Crippen LogP contribution in [0.1, 0.15) is 20.8 Å². The number of rotatable bonds is 5. The normalized spacial score (nSPS) is 11.0. The first-order chi connectivity index (χ1) is 9.76. The van der Waals surface area contributed by atoms with Gasteiger partial charge in [-0.1, -0.05) is 32.4 Å². The zero-order valence-electron chi connectivity index (χ0n) is 12.2. The van der Waals surface area contributed by atoms with Crippen LogP contribution in [0.25, 0.3) is 0 Å². The summed E-state index contributed by atoms with van der Waals surface area (Å²) < 4.78 is 0.0196. The van der Waals surface area contributed by atoms with Gasteiger partial charge in [-0.3, -0.25) is 20.4 Å². The van der Waals surface area contributed by atoms with Crippen molar-refractivity contribution in [1.29, 1.82) is 0 Å². The molecule has 0 atom stereocenters. The van der Waals surface area contributed by atoms with E-state index >= 15 is 0 Å². The van der Waals surface area contributed by atoms with E-state index in [2.05, 4.69) is 10.9 Å². The first-order valence-electron chi connectivity index (χ1n) is 6.36. The van der Waals surface area contributed by atoms with Crippen LogP contribution in [0.2, 0.25) is 5.02 Å². The molecule has 0 heterocycles. The first kappa shape index (κ1) is 18.2. The summed E-state index contributed by atoms with van der Waals surface area (Å²) in [5.41, 5.74) is 4.81. The van der Waals surface area contributed by atoms with Gasteiger partial charge in [-0.15, -0.1) is 23.5 Å². The van der Waals surface area contributed by atoms with E-state index in [0.717, 1.165) is 4.90 Å². The number of thioether (sulfide) groups is 2. The van der Waals surface area contributed by atoms with E-state index in [0.29, 0.717) is 10.8 Å². The number of amides is 2. The van der Waals surface area contributed by atoms with Crippen molar-refractivity contribution in [2.75, 3.05) is 11.5 Å². The summed E-state index contributed by atoms with van der Waals surface area (Å²) in [6.45, 7) is 6.10. The molecule has 0 saturated carbocycles. The van der Waals surface area contributed by atoms with Crippen molar-refractivity contribution >= 4 is 46.9 Å². The summed E-state index contributed by atoms with van der Waals surface area (Å²) in [6.07, 6.45) is 0. The van der Waals surface area contributed by atoms with Crippen LogP contribution in [0.5, 0.6) is 0 Å². The SMILES string of the molecule is CC(C)(C)SCC(=O)NNC(=O)CSc1ccc(Cl)cc1. The van der Waals surface area contributed by atoms with Crippen LogP contribution in [0.4, 0.5) is 0 Å². The predicted octanol–water partition coefficient (Wildman–Crippen LogP) is 3.11. The highest BCUT2D eigenvalue weighted by molar-refractivity contribution is 8.01. The van der Waals surface area contributed by atoms with Gasteiger partial charge in [-0.25, -0.2) is 0 Å². The Morgan fingerprint density at radius 3 is 2.10 bits per heavy atom. The number of nitrogens with one attached hydrogen (secondary N) is 2. The number of hydrogen-bond acceptors (Lipinski definition) is 4. The van der Waals surface area contributed by atoms with Gasteiger partial charge in [-0.2, -0.15) is 0 Å². The molecule has 7 heteroatoms. The topological polar surface area (TPSA) is 58.2 Å².